The quantitative estimate of drug-likeness (QED) is 0.0966. The summed E-state index contributed by atoms with van der Waals surface area (Å²) < 4.78 is 20.0. The molecule has 2 amide bonds. The molecule has 0 radical (unpaired) electrons. The summed E-state index contributed by atoms with van der Waals surface area (Å²) in [6, 6.07) is -0.900. The number of esters is 1. The topological polar surface area (TPSA) is 192 Å². The van der Waals surface area contributed by atoms with Crippen LogP contribution in [0.25, 0.3) is 0 Å². The third-order valence-electron chi connectivity index (χ3n) is 5.16. The molecule has 0 aromatic carbocycles. The van der Waals surface area contributed by atoms with Crippen LogP contribution in [0.1, 0.15) is 19.5 Å². The molecule has 3 rings (SSSR count). The van der Waals surface area contributed by atoms with Crippen LogP contribution in [0.4, 0.5) is 9.93 Å². The summed E-state index contributed by atoms with van der Waals surface area (Å²) in [7, 11) is 1.41. The number of methoxy groups -OCH3 is 1. The van der Waals surface area contributed by atoms with Crippen molar-refractivity contribution >= 4 is 57.9 Å². The maximum absolute atomic E-state index is 13.0. The van der Waals surface area contributed by atoms with Crippen molar-refractivity contribution in [3.8, 4) is 0 Å². The van der Waals surface area contributed by atoms with Crippen LogP contribution in [-0.2, 0) is 33.3 Å². The van der Waals surface area contributed by atoms with Gasteiger partial charge in [0.2, 0.25) is 12.2 Å². The number of hydrogen-bond donors (Lipinski definition) is 3. The molecule has 1 aromatic heterocycles. The van der Waals surface area contributed by atoms with E-state index in [1.807, 2.05) is 0 Å². The fourth-order valence-corrected chi connectivity index (χ4v) is 5.64. The van der Waals surface area contributed by atoms with Gasteiger partial charge in [0, 0.05) is 31.7 Å². The van der Waals surface area contributed by atoms with Crippen molar-refractivity contribution in [2.45, 2.75) is 31.6 Å². The number of nitrogens with zero attached hydrogens (tertiary/aromatic N) is 3. The Hall–Kier alpha value is -3.11. The van der Waals surface area contributed by atoms with Crippen LogP contribution in [0.3, 0.4) is 0 Å². The highest BCUT2D eigenvalue weighted by atomic mass is 32.2. The van der Waals surface area contributed by atoms with Crippen LogP contribution in [0, 0.1) is 5.41 Å². The van der Waals surface area contributed by atoms with Crippen LogP contribution >= 0.6 is 23.1 Å². The van der Waals surface area contributed by atoms with Gasteiger partial charge in [-0.1, -0.05) is 5.16 Å². The van der Waals surface area contributed by atoms with E-state index < -0.39 is 47.1 Å². The average Bonchev–Trinajstić information content (AvgIpc) is 3.23. The zero-order valence-electron chi connectivity index (χ0n) is 19.1. The molecule has 35 heavy (non-hydrogen) atoms. The van der Waals surface area contributed by atoms with Gasteiger partial charge in [0.05, 0.1) is 13.2 Å². The number of aromatic nitrogens is 1. The maximum atomic E-state index is 13.0. The zero-order chi connectivity index (χ0) is 25.8. The molecule has 1 aromatic rings. The molecule has 0 saturated carbocycles. The zero-order valence-corrected chi connectivity index (χ0v) is 20.7. The Morgan fingerprint density at radius 2 is 2.17 bits per heavy atom. The van der Waals surface area contributed by atoms with Crippen molar-refractivity contribution in [1.82, 2.24) is 15.2 Å². The predicted octanol–water partition coefficient (Wildman–Crippen LogP) is -0.00140. The van der Waals surface area contributed by atoms with Crippen molar-refractivity contribution < 1.29 is 43.3 Å². The van der Waals surface area contributed by atoms with Gasteiger partial charge < -0.3 is 40.1 Å². The number of thiazole rings is 1. The van der Waals surface area contributed by atoms with Crippen molar-refractivity contribution in [3.63, 3.8) is 0 Å². The lowest BCUT2D eigenvalue weighted by Crippen LogP contribution is -2.74. The molecule has 0 bridgehead atoms. The molecule has 2 aliphatic heterocycles. The molecule has 16 heteroatoms. The fourth-order valence-electron chi connectivity index (χ4n) is 3.58. The van der Waals surface area contributed by atoms with Gasteiger partial charge in [-0.15, -0.1) is 23.1 Å². The molecule has 0 aliphatic carbocycles. The van der Waals surface area contributed by atoms with Gasteiger partial charge in [0.25, 0.3) is 5.91 Å². The number of nitrogens with one attached hydrogen (secondary N) is 1. The van der Waals surface area contributed by atoms with Crippen LogP contribution < -0.4 is 11.1 Å². The number of nitrogens with two attached hydrogens (primary N) is 1. The van der Waals surface area contributed by atoms with Crippen molar-refractivity contribution in [2.24, 2.45) is 10.6 Å². The van der Waals surface area contributed by atoms with Crippen molar-refractivity contribution in [2.75, 3.05) is 38.4 Å². The second-order valence-electron chi connectivity index (χ2n) is 7.63. The summed E-state index contributed by atoms with van der Waals surface area (Å²) in [6.45, 7) is 2.99. The number of β-lactam (4-membered cyclic amide) rings is 1. The third-order valence-corrected chi connectivity index (χ3v) is 7.42. The van der Waals surface area contributed by atoms with Gasteiger partial charge >= 0.3 is 12.1 Å². The minimum absolute atomic E-state index is 0.0295. The van der Waals surface area contributed by atoms with Gasteiger partial charge in [-0.05, 0) is 6.92 Å². The molecule has 2 aliphatic rings. The number of thioether (sulfide) groups is 1. The van der Waals surface area contributed by atoms with E-state index in [0.717, 1.165) is 11.3 Å². The lowest BCUT2D eigenvalue weighted by molar-refractivity contribution is -0.185. The summed E-state index contributed by atoms with van der Waals surface area (Å²) in [5.74, 6) is -1.74. The first kappa shape index (κ1) is 26.5. The standard InChI is InChI=1S/C19H25N5O9S2/c1-4-31-18(28)33-9(2)32-16(27)19(7-30-3)6-24-14(26)12(15(24)35-8-19)22-13(25)11(23-29)10-5-34-17(20)21-10/h5,9,12,15,29H,4,6-8H2,1-3H3,(H2,20,21)(H,22,25)/t9?,12?,15-,19?/m1/s1. The number of hydrogen-bond acceptors (Lipinski definition) is 14. The Morgan fingerprint density at radius 1 is 1.43 bits per heavy atom. The van der Waals surface area contributed by atoms with Crippen LogP contribution in [0.15, 0.2) is 10.5 Å². The minimum Gasteiger partial charge on any atom is -0.435 e. The summed E-state index contributed by atoms with van der Waals surface area (Å²) in [6.07, 6.45) is -2.19. The lowest BCUT2D eigenvalue weighted by atomic mass is 9.88. The SMILES string of the molecule is CCOC(=O)OC(C)OC(=O)C1(COC)CS[C@@H]2C(NC(=O)C(=NO)c3csc(N)n3)C(=O)N2C1. The average molecular weight is 532 g/mol. The lowest BCUT2D eigenvalue weighted by Gasteiger charge is -2.53. The number of rotatable bonds is 9. The third kappa shape index (κ3) is 5.59. The number of ether oxygens (including phenoxy) is 4. The summed E-state index contributed by atoms with van der Waals surface area (Å²) in [4.78, 5) is 55.2. The molecular weight excluding hydrogens is 506 g/mol. The minimum atomic E-state index is -1.22. The molecule has 14 nitrogen and oxygen atoms in total. The molecule has 3 unspecified atom stereocenters. The Morgan fingerprint density at radius 3 is 2.77 bits per heavy atom. The predicted molar refractivity (Wildman–Crippen MR) is 123 cm³/mol. The van der Waals surface area contributed by atoms with E-state index in [0.29, 0.717) is 0 Å². The highest BCUT2D eigenvalue weighted by Gasteiger charge is 2.58. The number of carbonyl (C=O) groups excluding carboxylic acids is 4. The first-order valence-corrected chi connectivity index (χ1v) is 12.3. The number of anilines is 1. The number of carbonyl (C=O) groups is 4. The molecule has 2 saturated heterocycles. The van der Waals surface area contributed by atoms with E-state index >= 15 is 0 Å². The molecule has 2 fully saturated rings. The molecule has 0 spiro atoms. The van der Waals surface area contributed by atoms with Crippen molar-refractivity contribution in [3.05, 3.63) is 11.1 Å². The van der Waals surface area contributed by atoms with E-state index in [2.05, 4.69) is 20.2 Å². The Kier molecular flexibility index (Phi) is 8.39. The largest absolute Gasteiger partial charge is 0.511 e. The van der Waals surface area contributed by atoms with Gasteiger partial charge in [0.15, 0.2) is 10.8 Å². The number of fused-ring (bicyclic) bond motifs is 1. The van der Waals surface area contributed by atoms with E-state index in [-0.39, 0.29) is 42.0 Å². The second-order valence-corrected chi connectivity index (χ2v) is 9.62. The first-order chi connectivity index (χ1) is 16.7. The number of nitrogen functional groups attached to an aromatic ring is 1. The summed E-state index contributed by atoms with van der Waals surface area (Å²) in [5.41, 5.74) is 4.04. The summed E-state index contributed by atoms with van der Waals surface area (Å²) in [5, 5.41) is 16.0. The molecular formula is C19H25N5O9S2. The smallest absolute Gasteiger partial charge is 0.435 e. The van der Waals surface area contributed by atoms with Gasteiger partial charge in [-0.25, -0.2) is 9.78 Å². The maximum Gasteiger partial charge on any atom is 0.511 e. The first-order valence-electron chi connectivity index (χ1n) is 10.4. The van der Waals surface area contributed by atoms with Gasteiger partial charge in [-0.3, -0.25) is 14.4 Å². The highest BCUT2D eigenvalue weighted by molar-refractivity contribution is 8.00. The molecule has 3 heterocycles. The van der Waals surface area contributed by atoms with Crippen LogP contribution in [0.2, 0.25) is 0 Å². The van der Waals surface area contributed by atoms with Crippen molar-refractivity contribution in [1.29, 1.82) is 0 Å². The summed E-state index contributed by atoms with van der Waals surface area (Å²) >= 11 is 2.32. The van der Waals surface area contributed by atoms with E-state index in [1.165, 1.54) is 36.1 Å². The molecule has 4 atom stereocenters. The van der Waals surface area contributed by atoms with E-state index in [4.69, 9.17) is 19.9 Å². The molecule has 192 valence electrons. The normalized spacial score (nSPS) is 24.6. The number of oxime groups is 1. The second kappa shape index (κ2) is 11.1. The van der Waals surface area contributed by atoms with E-state index in [9.17, 15) is 24.4 Å². The van der Waals surface area contributed by atoms with Crippen LogP contribution in [-0.4, -0.2) is 95.1 Å². The van der Waals surface area contributed by atoms with E-state index in [1.54, 1.807) is 6.92 Å². The Bertz CT molecular complexity index is 1020. The Labute approximate surface area is 208 Å². The Balaban J connectivity index is 1.64. The fraction of sp³-hybridized carbons (Fsp3) is 0.579. The van der Waals surface area contributed by atoms with Gasteiger partial charge in [-0.2, -0.15) is 0 Å². The molecule has 4 N–H and O–H groups in total. The monoisotopic (exact) mass is 531 g/mol. The highest BCUT2D eigenvalue weighted by Crippen LogP contribution is 2.43. The van der Waals surface area contributed by atoms with Crippen LogP contribution in [0.5, 0.6) is 0 Å². The van der Waals surface area contributed by atoms with Gasteiger partial charge in [0.1, 0.15) is 22.5 Å². The number of amides is 2.